The molecule has 0 atom stereocenters. The fraction of sp³-hybridized carbons (Fsp3) is 0.143. The average Bonchev–Trinajstić information content (AvgIpc) is 2.64. The van der Waals surface area contributed by atoms with E-state index in [4.69, 9.17) is 0 Å². The molecule has 0 spiro atoms. The molecule has 2 aromatic heterocycles. The van der Waals surface area contributed by atoms with Crippen molar-refractivity contribution in [1.29, 1.82) is 0 Å². The van der Waals surface area contributed by atoms with Gasteiger partial charge in [0, 0.05) is 6.07 Å². The van der Waals surface area contributed by atoms with Crippen molar-refractivity contribution in [3.05, 3.63) is 32.1 Å². The number of aromatic amines is 1. The van der Waals surface area contributed by atoms with Gasteiger partial charge in [-0.2, -0.15) is 5.10 Å². The third-order valence-corrected chi connectivity index (χ3v) is 2.87. The second-order valence-electron chi connectivity index (χ2n) is 2.63. The van der Waals surface area contributed by atoms with Crippen molar-refractivity contribution in [3.8, 4) is 0 Å². The van der Waals surface area contributed by atoms with Crippen molar-refractivity contribution < 1.29 is 0 Å². The van der Waals surface area contributed by atoms with Crippen molar-refractivity contribution >= 4 is 32.4 Å². The summed E-state index contributed by atoms with van der Waals surface area (Å²) in [4.78, 5) is 10.7. The predicted molar refractivity (Wildman–Crippen MR) is 59.8 cm³/mol. The summed E-state index contributed by atoms with van der Waals surface area (Å²) in [6, 6.07) is 3.09. The fourth-order valence-corrected chi connectivity index (χ4v) is 1.92. The zero-order valence-electron chi connectivity index (χ0n) is 7.40. The number of nitrogens with zero attached hydrogens (tertiary/aromatic N) is 3. The predicted octanol–water partition coefficient (Wildman–Crippen LogP) is 0.996. The van der Waals surface area contributed by atoms with Crippen LogP contribution >= 0.6 is 27.3 Å². The first-order valence-corrected chi connectivity index (χ1v) is 5.62. The molecule has 0 unspecified atom stereocenters. The van der Waals surface area contributed by atoms with Crippen molar-refractivity contribution in [1.82, 2.24) is 20.4 Å². The molecule has 6 nitrogen and oxygen atoms in total. The number of anilines is 1. The Morgan fingerprint density at radius 2 is 2.33 bits per heavy atom. The van der Waals surface area contributed by atoms with Crippen LogP contribution in [0.4, 0.5) is 5.13 Å². The van der Waals surface area contributed by atoms with Crippen molar-refractivity contribution in [3.63, 3.8) is 0 Å². The van der Waals surface area contributed by atoms with Gasteiger partial charge >= 0.3 is 0 Å². The number of hydrogen-bond acceptors (Lipinski definition) is 6. The van der Waals surface area contributed by atoms with Crippen LogP contribution in [0.5, 0.6) is 0 Å². The first-order chi connectivity index (χ1) is 7.24. The number of aromatic nitrogens is 4. The number of H-pyrrole nitrogens is 1. The van der Waals surface area contributed by atoms with Crippen LogP contribution < -0.4 is 10.9 Å². The molecule has 2 aromatic rings. The number of hydrogen-bond donors (Lipinski definition) is 2. The summed E-state index contributed by atoms with van der Waals surface area (Å²) in [5.41, 5.74) is 0.526. The van der Waals surface area contributed by atoms with E-state index in [1.165, 1.54) is 17.4 Å². The van der Waals surface area contributed by atoms with Gasteiger partial charge in [-0.1, -0.05) is 11.3 Å². The van der Waals surface area contributed by atoms with Crippen molar-refractivity contribution in [2.75, 3.05) is 5.32 Å². The van der Waals surface area contributed by atoms with Crippen molar-refractivity contribution in [2.24, 2.45) is 0 Å². The summed E-state index contributed by atoms with van der Waals surface area (Å²) in [5.74, 6) is 0. The SMILES string of the molecule is O=c1ccc(CNc2nnc(Br)s2)n[nH]1. The van der Waals surface area contributed by atoms with Crippen LogP contribution in [-0.2, 0) is 6.54 Å². The standard InChI is InChI=1S/C7H6BrN5OS/c8-6-12-13-7(15-6)9-3-4-1-2-5(14)11-10-4/h1-2H,3H2,(H,9,13)(H,11,14). The van der Waals surface area contributed by atoms with E-state index in [9.17, 15) is 4.79 Å². The molecule has 0 bridgehead atoms. The van der Waals surface area contributed by atoms with Gasteiger partial charge in [-0.3, -0.25) is 4.79 Å². The zero-order valence-corrected chi connectivity index (χ0v) is 9.80. The third kappa shape index (κ3) is 2.83. The van der Waals surface area contributed by atoms with Crippen LogP contribution in [0.3, 0.4) is 0 Å². The lowest BCUT2D eigenvalue weighted by Gasteiger charge is -1.99. The molecule has 0 aliphatic carbocycles. The van der Waals surface area contributed by atoms with E-state index in [1.54, 1.807) is 6.07 Å². The summed E-state index contributed by atoms with van der Waals surface area (Å²) < 4.78 is 0.722. The van der Waals surface area contributed by atoms with Gasteiger partial charge in [-0.15, -0.1) is 10.2 Å². The molecule has 0 fully saturated rings. The van der Waals surface area contributed by atoms with Gasteiger partial charge in [0.1, 0.15) is 0 Å². The van der Waals surface area contributed by atoms with E-state index in [0.717, 1.165) is 9.61 Å². The molecule has 0 aliphatic rings. The highest BCUT2D eigenvalue weighted by molar-refractivity contribution is 9.11. The van der Waals surface area contributed by atoms with Crippen molar-refractivity contribution in [2.45, 2.75) is 6.54 Å². The maximum absolute atomic E-state index is 10.7. The summed E-state index contributed by atoms with van der Waals surface area (Å²) in [6.07, 6.45) is 0. The Morgan fingerprint density at radius 3 is 2.93 bits per heavy atom. The van der Waals surface area contributed by atoms with Gasteiger partial charge in [-0.05, 0) is 22.0 Å². The van der Waals surface area contributed by atoms with E-state index in [0.29, 0.717) is 11.7 Å². The molecule has 0 amide bonds. The maximum Gasteiger partial charge on any atom is 0.264 e. The molecule has 2 N–H and O–H groups in total. The Balaban J connectivity index is 1.99. The van der Waals surface area contributed by atoms with Crippen LogP contribution in [0.25, 0.3) is 0 Å². The van der Waals surface area contributed by atoms with Crippen LogP contribution in [0.2, 0.25) is 0 Å². The molecule has 0 aliphatic heterocycles. The lowest BCUT2D eigenvalue weighted by Crippen LogP contribution is -2.10. The molecule has 78 valence electrons. The lowest BCUT2D eigenvalue weighted by atomic mass is 10.4. The molecular formula is C7H6BrN5OS. The quantitative estimate of drug-likeness (QED) is 0.880. The van der Waals surface area contributed by atoms with Gasteiger partial charge in [0.25, 0.3) is 5.56 Å². The Kier molecular flexibility index (Phi) is 3.07. The van der Waals surface area contributed by atoms with Crippen LogP contribution in [0.1, 0.15) is 5.69 Å². The van der Waals surface area contributed by atoms with Gasteiger partial charge in [0.05, 0.1) is 12.2 Å². The van der Waals surface area contributed by atoms with Gasteiger partial charge < -0.3 is 5.32 Å². The molecule has 2 heterocycles. The van der Waals surface area contributed by atoms with E-state index in [1.807, 2.05) is 0 Å². The minimum Gasteiger partial charge on any atom is -0.354 e. The summed E-state index contributed by atoms with van der Waals surface area (Å²) >= 11 is 4.60. The minimum atomic E-state index is -0.211. The van der Waals surface area contributed by atoms with E-state index < -0.39 is 0 Å². The van der Waals surface area contributed by atoms with E-state index in [-0.39, 0.29) is 5.56 Å². The number of halogens is 1. The summed E-state index contributed by atoms with van der Waals surface area (Å²) in [5, 5.41) is 17.6. The summed E-state index contributed by atoms with van der Waals surface area (Å²) in [6.45, 7) is 0.498. The second kappa shape index (κ2) is 4.49. The monoisotopic (exact) mass is 287 g/mol. The Morgan fingerprint density at radius 1 is 1.47 bits per heavy atom. The van der Waals surface area contributed by atoms with Gasteiger partial charge in [0.2, 0.25) is 5.13 Å². The largest absolute Gasteiger partial charge is 0.354 e. The first kappa shape index (κ1) is 10.2. The highest BCUT2D eigenvalue weighted by Gasteiger charge is 2.00. The molecule has 0 saturated carbocycles. The first-order valence-electron chi connectivity index (χ1n) is 4.01. The maximum atomic E-state index is 10.7. The Labute approximate surface area is 96.9 Å². The van der Waals surface area contributed by atoms with Crippen LogP contribution in [0, 0.1) is 0 Å². The number of nitrogens with one attached hydrogen (secondary N) is 2. The molecule has 2 rings (SSSR count). The van der Waals surface area contributed by atoms with E-state index in [2.05, 4.69) is 41.6 Å². The lowest BCUT2D eigenvalue weighted by molar-refractivity contribution is 0.896. The molecule has 15 heavy (non-hydrogen) atoms. The van der Waals surface area contributed by atoms with Crippen LogP contribution in [0.15, 0.2) is 20.8 Å². The van der Waals surface area contributed by atoms with Gasteiger partial charge in [0.15, 0.2) is 3.92 Å². The summed E-state index contributed by atoms with van der Waals surface area (Å²) in [7, 11) is 0. The van der Waals surface area contributed by atoms with E-state index >= 15 is 0 Å². The van der Waals surface area contributed by atoms with Gasteiger partial charge in [-0.25, -0.2) is 5.10 Å². The van der Waals surface area contributed by atoms with Crippen LogP contribution in [-0.4, -0.2) is 20.4 Å². The molecular weight excluding hydrogens is 282 g/mol. The number of rotatable bonds is 3. The topological polar surface area (TPSA) is 83.6 Å². The average molecular weight is 288 g/mol. The molecule has 0 aromatic carbocycles. The highest BCUT2D eigenvalue weighted by Crippen LogP contribution is 2.20. The minimum absolute atomic E-state index is 0.211. The highest BCUT2D eigenvalue weighted by atomic mass is 79.9. The smallest absolute Gasteiger partial charge is 0.264 e. The third-order valence-electron chi connectivity index (χ3n) is 1.56. The Bertz CT molecular complexity index is 490. The Hall–Kier alpha value is -1.28. The zero-order chi connectivity index (χ0) is 10.7. The normalized spacial score (nSPS) is 10.2. The molecule has 8 heteroatoms. The second-order valence-corrected chi connectivity index (χ2v) is 4.88. The molecule has 0 radical (unpaired) electrons. The fourth-order valence-electron chi connectivity index (χ4n) is 0.915. The molecule has 0 saturated heterocycles.